The van der Waals surface area contributed by atoms with Crippen molar-refractivity contribution in [3.63, 3.8) is 0 Å². The Balaban J connectivity index is 2.52. The highest BCUT2D eigenvalue weighted by Crippen LogP contribution is 2.31. The Labute approximate surface area is 112 Å². The first-order valence-corrected chi connectivity index (χ1v) is 5.70. The van der Waals surface area contributed by atoms with Gasteiger partial charge in [0.25, 0.3) is 0 Å². The van der Waals surface area contributed by atoms with Gasteiger partial charge >= 0.3 is 12.1 Å². The fraction of sp³-hybridized carbons (Fsp3) is 0.143. The van der Waals surface area contributed by atoms with E-state index >= 15 is 0 Å². The number of carbonyl (C=O) groups excluding carboxylic acids is 1. The van der Waals surface area contributed by atoms with Gasteiger partial charge < -0.3 is 5.11 Å². The number of aromatic nitrogens is 1. The van der Waals surface area contributed by atoms with Crippen LogP contribution in [0.2, 0.25) is 0 Å². The molecule has 1 aromatic carbocycles. The first-order valence-electron chi connectivity index (χ1n) is 5.70. The predicted molar refractivity (Wildman–Crippen MR) is 67.4 cm³/mol. The average Bonchev–Trinajstić information content (AvgIpc) is 2.37. The van der Waals surface area contributed by atoms with Crippen LogP contribution >= 0.6 is 0 Å². The highest BCUT2D eigenvalue weighted by atomic mass is 19.4. The van der Waals surface area contributed by atoms with E-state index in [0.29, 0.717) is 11.3 Å². The summed E-state index contributed by atoms with van der Waals surface area (Å²) in [5, 5.41) is 7.16. The summed E-state index contributed by atoms with van der Waals surface area (Å²) in [6.07, 6.45) is -4.41. The standard InChI is InChI=1S/C14H10F3NO2/c1-8-2-7-11(13(19)20)12(18-8)9-3-5-10(6-4-9)14(15,16)17/h2-7H,1H3,(H,19,20)/p+1. The fourth-order valence-electron chi connectivity index (χ4n) is 1.78. The second-order valence-electron chi connectivity index (χ2n) is 4.25. The maximum Gasteiger partial charge on any atom is 0.551 e. The zero-order valence-electron chi connectivity index (χ0n) is 10.5. The van der Waals surface area contributed by atoms with Crippen LogP contribution in [0.3, 0.4) is 0 Å². The van der Waals surface area contributed by atoms with E-state index in [0.717, 1.165) is 12.1 Å². The summed E-state index contributed by atoms with van der Waals surface area (Å²) in [6.45, 7) is 1.70. The van der Waals surface area contributed by atoms with Gasteiger partial charge in [-0.15, -0.1) is 0 Å². The maximum absolute atomic E-state index is 12.5. The molecule has 2 N–H and O–H groups in total. The van der Waals surface area contributed by atoms with E-state index in [2.05, 4.69) is 4.98 Å². The summed E-state index contributed by atoms with van der Waals surface area (Å²) in [5.41, 5.74) is 0.504. The summed E-state index contributed by atoms with van der Waals surface area (Å²) in [7, 11) is 0. The minimum atomic E-state index is -4.41. The van der Waals surface area contributed by atoms with E-state index in [1.165, 1.54) is 18.2 Å². The van der Waals surface area contributed by atoms with Gasteiger partial charge in [0, 0.05) is 16.1 Å². The lowest BCUT2D eigenvalue weighted by Crippen LogP contribution is -2.05. The number of aryl methyl sites for hydroxylation is 1. The molecule has 2 rings (SSSR count). The third kappa shape index (κ3) is 2.79. The number of benzene rings is 1. The molecule has 0 aliphatic heterocycles. The summed E-state index contributed by atoms with van der Waals surface area (Å²) < 4.78 is 37.5. The molecule has 0 amide bonds. The lowest BCUT2D eigenvalue weighted by Gasteiger charge is -2.08. The van der Waals surface area contributed by atoms with Crippen molar-refractivity contribution in [2.24, 2.45) is 0 Å². The first-order chi connectivity index (χ1) is 9.29. The van der Waals surface area contributed by atoms with Crippen LogP contribution in [0.15, 0.2) is 36.4 Å². The number of alkyl halides is 3. The third-order valence-corrected chi connectivity index (χ3v) is 2.76. The second-order valence-corrected chi connectivity index (χ2v) is 4.25. The van der Waals surface area contributed by atoms with Crippen molar-refractivity contribution in [2.45, 2.75) is 13.1 Å². The minimum absolute atomic E-state index is 0.0651. The van der Waals surface area contributed by atoms with Crippen molar-refractivity contribution in [2.75, 3.05) is 0 Å². The monoisotopic (exact) mass is 282 g/mol. The third-order valence-electron chi connectivity index (χ3n) is 2.76. The van der Waals surface area contributed by atoms with Crippen LogP contribution in [-0.2, 0) is 6.18 Å². The normalized spacial score (nSPS) is 11.4. The molecule has 0 saturated heterocycles. The Hall–Kier alpha value is -2.37. The number of pyridine rings is 1. The lowest BCUT2D eigenvalue weighted by atomic mass is 10.0. The predicted octanol–water partition coefficient (Wildman–Crippen LogP) is 2.94. The summed E-state index contributed by atoms with van der Waals surface area (Å²) in [6, 6.07) is 7.38. The number of nitrogens with zero attached hydrogens (tertiary/aromatic N) is 1. The number of hydrogen-bond acceptors (Lipinski definition) is 2. The number of hydrogen-bond donors (Lipinski definition) is 0. The Kier molecular flexibility index (Phi) is 3.48. The molecule has 1 aromatic heterocycles. The summed E-state index contributed by atoms with van der Waals surface area (Å²) in [4.78, 5) is 15.4. The molecule has 1 heterocycles. The van der Waals surface area contributed by atoms with Gasteiger partial charge in [0.1, 0.15) is 5.56 Å². The molecule has 0 fully saturated rings. The van der Waals surface area contributed by atoms with Crippen LogP contribution in [0.4, 0.5) is 13.2 Å². The van der Waals surface area contributed by atoms with Gasteiger partial charge in [0.2, 0.25) is 0 Å². The maximum atomic E-state index is 12.5. The Morgan fingerprint density at radius 3 is 2.20 bits per heavy atom. The van der Waals surface area contributed by atoms with Gasteiger partial charge in [-0.2, -0.15) is 13.2 Å². The van der Waals surface area contributed by atoms with Crippen LogP contribution in [0.25, 0.3) is 11.3 Å². The highest BCUT2D eigenvalue weighted by molar-refractivity contribution is 5.94. The van der Waals surface area contributed by atoms with E-state index < -0.39 is 17.7 Å². The zero-order valence-corrected chi connectivity index (χ0v) is 10.5. The van der Waals surface area contributed by atoms with Crippen LogP contribution in [0.1, 0.15) is 21.6 Å². The molecule has 6 heteroatoms. The number of carbonyl (C=O) groups is 1. The zero-order chi connectivity index (χ0) is 14.9. The van der Waals surface area contributed by atoms with E-state index in [1.807, 2.05) is 0 Å². The Morgan fingerprint density at radius 2 is 1.70 bits per heavy atom. The van der Waals surface area contributed by atoms with Gasteiger partial charge in [0.15, 0.2) is 0 Å². The second kappa shape index (κ2) is 4.96. The molecule has 3 nitrogen and oxygen atoms in total. The smallest absolute Gasteiger partial charge is 0.551 e. The van der Waals surface area contributed by atoms with Crippen LogP contribution in [0, 0.1) is 6.92 Å². The van der Waals surface area contributed by atoms with Gasteiger partial charge in [-0.05, 0) is 31.2 Å². The van der Waals surface area contributed by atoms with Crippen molar-refractivity contribution in [3.8, 4) is 11.3 Å². The van der Waals surface area contributed by atoms with E-state index in [9.17, 15) is 18.0 Å². The molecule has 0 aliphatic carbocycles. The fourth-order valence-corrected chi connectivity index (χ4v) is 1.78. The number of rotatable bonds is 2. The van der Waals surface area contributed by atoms with Crippen molar-refractivity contribution < 1.29 is 23.1 Å². The van der Waals surface area contributed by atoms with E-state index in [1.54, 1.807) is 13.0 Å². The van der Waals surface area contributed by atoms with Crippen molar-refractivity contribution in [3.05, 3.63) is 53.2 Å². The topological polar surface area (TPSA) is 52.9 Å². The minimum Gasteiger partial charge on any atom is -0.561 e. The van der Waals surface area contributed by atoms with Crippen molar-refractivity contribution in [1.82, 2.24) is 4.98 Å². The average molecular weight is 282 g/mol. The Bertz CT molecular complexity index is 648. The first kappa shape index (κ1) is 14.0. The number of halogens is 3. The molecule has 0 atom stereocenters. The van der Waals surface area contributed by atoms with Gasteiger partial charge in [0.05, 0.1) is 11.3 Å². The summed E-state index contributed by atoms with van der Waals surface area (Å²) >= 11 is 0. The van der Waals surface area contributed by atoms with E-state index in [-0.39, 0.29) is 11.3 Å². The SMILES string of the molecule is Cc1ccc(C(=O)[OH2+])c(-c2ccc(C(F)(F)F)cc2)n1. The molecule has 104 valence electrons. The summed E-state index contributed by atoms with van der Waals surface area (Å²) in [5.74, 6) is -0.924. The molecule has 0 unspecified atom stereocenters. The van der Waals surface area contributed by atoms with Crippen LogP contribution < -0.4 is 0 Å². The van der Waals surface area contributed by atoms with Crippen molar-refractivity contribution >= 4 is 5.97 Å². The van der Waals surface area contributed by atoms with Gasteiger partial charge in [-0.3, -0.25) is 4.98 Å². The van der Waals surface area contributed by atoms with Gasteiger partial charge in [-0.1, -0.05) is 12.1 Å². The van der Waals surface area contributed by atoms with Crippen molar-refractivity contribution in [1.29, 1.82) is 0 Å². The molecule has 0 spiro atoms. The molecular weight excluding hydrogens is 271 g/mol. The van der Waals surface area contributed by atoms with E-state index in [4.69, 9.17) is 5.11 Å². The quantitative estimate of drug-likeness (QED) is 0.795. The van der Waals surface area contributed by atoms with Gasteiger partial charge in [-0.25, -0.2) is 0 Å². The largest absolute Gasteiger partial charge is 0.561 e. The van der Waals surface area contributed by atoms with Crippen LogP contribution in [-0.4, -0.2) is 16.1 Å². The Morgan fingerprint density at radius 1 is 1.10 bits per heavy atom. The molecule has 0 saturated carbocycles. The van der Waals surface area contributed by atoms with Crippen LogP contribution in [0.5, 0.6) is 0 Å². The molecule has 2 aromatic rings. The molecule has 0 aliphatic rings. The molecule has 0 bridgehead atoms. The molecular formula is C14H11F3NO2+. The lowest BCUT2D eigenvalue weighted by molar-refractivity contribution is -0.137. The molecule has 0 radical (unpaired) electrons. The molecule has 20 heavy (non-hydrogen) atoms. The highest BCUT2D eigenvalue weighted by Gasteiger charge is 2.30.